The fraction of sp³-hybridized carbons (Fsp3) is 0.409. The van der Waals surface area contributed by atoms with E-state index in [4.69, 9.17) is 11.5 Å². The van der Waals surface area contributed by atoms with Gasteiger partial charge in [-0.1, -0.05) is 11.8 Å². The number of halogens is 2. The third-order valence-electron chi connectivity index (χ3n) is 5.72. The lowest BCUT2D eigenvalue weighted by Crippen LogP contribution is -2.47. The Labute approximate surface area is 205 Å². The van der Waals surface area contributed by atoms with Crippen molar-refractivity contribution >= 4 is 59.6 Å². The van der Waals surface area contributed by atoms with Gasteiger partial charge in [-0.3, -0.25) is 4.90 Å². The summed E-state index contributed by atoms with van der Waals surface area (Å²) in [4.78, 5) is 20.7. The smallest absolute Gasteiger partial charge is 0.335 e. The summed E-state index contributed by atoms with van der Waals surface area (Å²) >= 11 is 1.65. The van der Waals surface area contributed by atoms with Gasteiger partial charge in [0.15, 0.2) is 0 Å². The van der Waals surface area contributed by atoms with E-state index in [2.05, 4.69) is 32.9 Å². The zero-order chi connectivity index (χ0) is 21.1. The van der Waals surface area contributed by atoms with Crippen LogP contribution >= 0.6 is 36.6 Å². The van der Waals surface area contributed by atoms with Crippen LogP contribution in [0.2, 0.25) is 0 Å². The van der Waals surface area contributed by atoms with E-state index in [1.54, 1.807) is 23.9 Å². The number of carboxylic acids is 1. The normalized spacial score (nSPS) is 15.3. The van der Waals surface area contributed by atoms with Crippen molar-refractivity contribution in [3.8, 4) is 0 Å². The molecule has 0 unspecified atom stereocenters. The van der Waals surface area contributed by atoms with Crippen molar-refractivity contribution in [1.82, 2.24) is 4.90 Å². The first-order chi connectivity index (χ1) is 14.6. The minimum Gasteiger partial charge on any atom is -0.478 e. The van der Waals surface area contributed by atoms with Crippen LogP contribution in [0.3, 0.4) is 0 Å². The lowest BCUT2D eigenvalue weighted by Gasteiger charge is -2.37. The predicted octanol–water partition coefficient (Wildman–Crippen LogP) is 3.26. The van der Waals surface area contributed by atoms with Crippen LogP contribution in [0.25, 0.3) is 0 Å². The fourth-order valence-electron chi connectivity index (χ4n) is 4.11. The molecule has 2 aromatic rings. The van der Waals surface area contributed by atoms with Gasteiger partial charge in [0, 0.05) is 61.3 Å². The summed E-state index contributed by atoms with van der Waals surface area (Å²) < 4.78 is 0. The second-order valence-corrected chi connectivity index (χ2v) is 8.74. The van der Waals surface area contributed by atoms with E-state index in [1.165, 1.54) is 5.69 Å². The summed E-state index contributed by atoms with van der Waals surface area (Å²) in [6, 6.07) is 12.0. The highest BCUT2D eigenvalue weighted by Crippen LogP contribution is 2.49. The van der Waals surface area contributed by atoms with Gasteiger partial charge in [-0.15, -0.1) is 24.8 Å². The number of nitrogens with two attached hydrogens (primary N) is 2. The molecule has 1 fully saturated rings. The molecule has 176 valence electrons. The minimum absolute atomic E-state index is 0. The van der Waals surface area contributed by atoms with Crippen LogP contribution in [0.15, 0.2) is 46.2 Å². The Morgan fingerprint density at radius 2 is 1.56 bits per heavy atom. The SMILES string of the molecule is Cl.Cl.NCCCN1c2ccc(C(=O)O)cc2Sc2cc(N3CCN(CCN)CC3)ccc21. The Kier molecular flexibility index (Phi) is 9.94. The van der Waals surface area contributed by atoms with Crippen LogP contribution in [-0.4, -0.2) is 68.3 Å². The first-order valence-electron chi connectivity index (χ1n) is 10.4. The van der Waals surface area contributed by atoms with Gasteiger partial charge >= 0.3 is 5.97 Å². The zero-order valence-electron chi connectivity index (χ0n) is 17.9. The summed E-state index contributed by atoms with van der Waals surface area (Å²) in [6.45, 7) is 7.09. The molecule has 2 heterocycles. The molecule has 2 aromatic carbocycles. The highest BCUT2D eigenvalue weighted by atomic mass is 35.5. The van der Waals surface area contributed by atoms with Crippen molar-refractivity contribution in [3.05, 3.63) is 42.0 Å². The predicted molar refractivity (Wildman–Crippen MR) is 137 cm³/mol. The number of hydrogen-bond acceptors (Lipinski definition) is 7. The standard InChI is InChI=1S/C22H29N5O2S.2ClH/c23-6-1-8-27-18-4-2-16(22(28)29)14-20(18)30-21-15-17(3-5-19(21)27)26-12-10-25(9-7-24)11-13-26;;/h2-5,14-15H,1,6-13,23-24H2,(H,28,29);2*1H. The van der Waals surface area contributed by atoms with Crippen molar-refractivity contribution in [2.45, 2.75) is 16.2 Å². The van der Waals surface area contributed by atoms with E-state index in [0.717, 1.165) is 66.9 Å². The molecule has 0 bridgehead atoms. The van der Waals surface area contributed by atoms with Crippen molar-refractivity contribution in [2.24, 2.45) is 11.5 Å². The molecule has 10 heteroatoms. The van der Waals surface area contributed by atoms with Crippen LogP contribution in [0.4, 0.5) is 17.1 Å². The summed E-state index contributed by atoms with van der Waals surface area (Å²) in [5.41, 5.74) is 15.2. The average molecular weight is 500 g/mol. The third kappa shape index (κ3) is 5.62. The molecule has 0 saturated carbocycles. The van der Waals surface area contributed by atoms with Gasteiger partial charge in [0.05, 0.1) is 16.9 Å². The number of rotatable bonds is 7. The molecule has 7 nitrogen and oxygen atoms in total. The molecule has 0 radical (unpaired) electrons. The molecule has 1 saturated heterocycles. The lowest BCUT2D eigenvalue weighted by atomic mass is 10.1. The Hall–Kier alpha value is -1.68. The lowest BCUT2D eigenvalue weighted by molar-refractivity contribution is 0.0696. The van der Waals surface area contributed by atoms with Gasteiger partial charge in [0.1, 0.15) is 0 Å². The van der Waals surface area contributed by atoms with Gasteiger partial charge < -0.3 is 26.4 Å². The maximum Gasteiger partial charge on any atom is 0.335 e. The van der Waals surface area contributed by atoms with Crippen LogP contribution in [0.1, 0.15) is 16.8 Å². The molecule has 0 aromatic heterocycles. The van der Waals surface area contributed by atoms with Crippen molar-refractivity contribution in [1.29, 1.82) is 0 Å². The van der Waals surface area contributed by atoms with Crippen LogP contribution in [0.5, 0.6) is 0 Å². The number of nitrogens with zero attached hydrogens (tertiary/aromatic N) is 3. The Morgan fingerprint density at radius 3 is 2.19 bits per heavy atom. The second-order valence-electron chi connectivity index (χ2n) is 7.65. The first-order valence-corrected chi connectivity index (χ1v) is 11.3. The molecule has 2 aliphatic rings. The van der Waals surface area contributed by atoms with Gasteiger partial charge in [0.2, 0.25) is 0 Å². The minimum atomic E-state index is -0.901. The zero-order valence-corrected chi connectivity index (χ0v) is 20.4. The number of anilines is 3. The number of piperazine rings is 1. The number of fused-ring (bicyclic) bond motifs is 2. The van der Waals surface area contributed by atoms with Crippen LogP contribution < -0.4 is 21.3 Å². The largest absolute Gasteiger partial charge is 0.478 e. The second kappa shape index (κ2) is 12.0. The third-order valence-corrected chi connectivity index (χ3v) is 6.81. The van der Waals surface area contributed by atoms with E-state index < -0.39 is 5.97 Å². The summed E-state index contributed by atoms with van der Waals surface area (Å²) in [7, 11) is 0. The number of benzene rings is 2. The molecular weight excluding hydrogens is 469 g/mol. The first kappa shape index (κ1) is 26.6. The Bertz CT molecular complexity index is 925. The highest BCUT2D eigenvalue weighted by molar-refractivity contribution is 7.99. The van der Waals surface area contributed by atoms with Crippen molar-refractivity contribution in [2.75, 3.05) is 62.2 Å². The van der Waals surface area contributed by atoms with Crippen LogP contribution in [-0.2, 0) is 0 Å². The molecular formula is C22H31Cl2N5O2S. The molecule has 0 spiro atoms. The molecule has 2 aliphatic heterocycles. The molecule has 0 aliphatic carbocycles. The fourth-order valence-corrected chi connectivity index (χ4v) is 5.28. The average Bonchev–Trinajstić information content (AvgIpc) is 2.76. The highest BCUT2D eigenvalue weighted by Gasteiger charge is 2.26. The van der Waals surface area contributed by atoms with Gasteiger partial charge in [0.25, 0.3) is 0 Å². The molecule has 5 N–H and O–H groups in total. The summed E-state index contributed by atoms with van der Waals surface area (Å²) in [5, 5.41) is 9.41. The number of carboxylic acid groups (broad SMARTS) is 1. The van der Waals surface area contributed by atoms with E-state index in [1.807, 2.05) is 6.07 Å². The van der Waals surface area contributed by atoms with Crippen molar-refractivity contribution < 1.29 is 9.90 Å². The Balaban J connectivity index is 0.00000181. The van der Waals surface area contributed by atoms with Crippen molar-refractivity contribution in [3.63, 3.8) is 0 Å². The van der Waals surface area contributed by atoms with E-state index in [0.29, 0.717) is 18.7 Å². The summed E-state index contributed by atoms with van der Waals surface area (Å²) in [5.74, 6) is -0.901. The van der Waals surface area contributed by atoms with E-state index in [9.17, 15) is 9.90 Å². The number of carbonyl (C=O) groups is 1. The monoisotopic (exact) mass is 499 g/mol. The van der Waals surface area contributed by atoms with E-state index in [-0.39, 0.29) is 24.8 Å². The molecule has 32 heavy (non-hydrogen) atoms. The molecule has 4 rings (SSSR count). The van der Waals surface area contributed by atoms with Crippen LogP contribution in [0, 0.1) is 0 Å². The van der Waals surface area contributed by atoms with Gasteiger partial charge in [-0.2, -0.15) is 0 Å². The number of hydrogen-bond donors (Lipinski definition) is 3. The van der Waals surface area contributed by atoms with Gasteiger partial charge in [-0.25, -0.2) is 4.79 Å². The number of aromatic carboxylic acids is 1. The van der Waals surface area contributed by atoms with E-state index >= 15 is 0 Å². The maximum atomic E-state index is 11.5. The molecule has 0 amide bonds. The topological polar surface area (TPSA) is 99.1 Å². The summed E-state index contributed by atoms with van der Waals surface area (Å²) in [6.07, 6.45) is 0.870. The maximum absolute atomic E-state index is 11.5. The molecule has 0 atom stereocenters. The van der Waals surface area contributed by atoms with Gasteiger partial charge in [-0.05, 0) is 49.4 Å². The Morgan fingerprint density at radius 1 is 0.906 bits per heavy atom. The quantitative estimate of drug-likeness (QED) is 0.533.